The van der Waals surface area contributed by atoms with Crippen LogP contribution in [0.15, 0.2) is 26.2 Å². The van der Waals surface area contributed by atoms with Gasteiger partial charge in [0.1, 0.15) is 4.21 Å². The van der Waals surface area contributed by atoms with Crippen LogP contribution in [0.2, 0.25) is 0 Å². The Labute approximate surface area is 157 Å². The van der Waals surface area contributed by atoms with Gasteiger partial charge in [-0.25, -0.2) is 8.42 Å². The minimum Gasteiger partial charge on any atom is -0.381 e. The van der Waals surface area contributed by atoms with E-state index in [-0.39, 0.29) is 5.92 Å². The molecule has 1 aliphatic carbocycles. The Balaban J connectivity index is 1.35. The molecule has 9 heteroatoms. The van der Waals surface area contributed by atoms with Gasteiger partial charge in [0.15, 0.2) is 5.82 Å². The Kier molecular flexibility index (Phi) is 5.40. The van der Waals surface area contributed by atoms with Crippen molar-refractivity contribution in [3.05, 3.63) is 29.2 Å². The quantitative estimate of drug-likeness (QED) is 0.637. The molecule has 0 radical (unpaired) electrons. The van der Waals surface area contributed by atoms with Gasteiger partial charge < -0.3 is 9.26 Å². The van der Waals surface area contributed by atoms with Crippen molar-refractivity contribution in [1.29, 1.82) is 0 Å². The van der Waals surface area contributed by atoms with Gasteiger partial charge in [-0.1, -0.05) is 11.2 Å². The average Bonchev–Trinajstić information content (AvgIpc) is 3.13. The monoisotopic (exact) mass is 397 g/mol. The van der Waals surface area contributed by atoms with Crippen LogP contribution in [0.4, 0.5) is 0 Å². The Hall–Kier alpha value is -1.29. The van der Waals surface area contributed by atoms with E-state index in [0.29, 0.717) is 42.0 Å². The molecule has 0 amide bonds. The first-order valence-electron chi connectivity index (χ1n) is 9.07. The zero-order valence-corrected chi connectivity index (χ0v) is 16.2. The molecule has 1 atom stereocenters. The highest BCUT2D eigenvalue weighted by atomic mass is 32.2. The lowest BCUT2D eigenvalue weighted by molar-refractivity contribution is 0.125. The normalized spacial score (nSPS) is 21.9. The first-order chi connectivity index (χ1) is 12.6. The number of ether oxygens (including phenoxy) is 1. The molecule has 1 saturated heterocycles. The highest BCUT2D eigenvalue weighted by Gasteiger charge is 2.33. The van der Waals surface area contributed by atoms with Crippen LogP contribution in [0.5, 0.6) is 0 Å². The third-order valence-electron chi connectivity index (χ3n) is 4.83. The molecule has 142 valence electrons. The molecule has 0 aromatic carbocycles. The van der Waals surface area contributed by atoms with Gasteiger partial charge in [0.05, 0.1) is 12.5 Å². The molecule has 1 unspecified atom stereocenters. The summed E-state index contributed by atoms with van der Waals surface area (Å²) in [6.45, 7) is 2.34. The zero-order valence-electron chi connectivity index (χ0n) is 14.5. The summed E-state index contributed by atoms with van der Waals surface area (Å²) in [6.07, 6.45) is 4.83. The third-order valence-corrected chi connectivity index (χ3v) is 8.07. The molecule has 1 aliphatic heterocycles. The highest BCUT2D eigenvalue weighted by molar-refractivity contribution is 7.91. The SMILES string of the molecule is O=S(=O)(c1cccs1)N1CCCC(c2nc(CCOCC3CC3)no2)C1. The summed E-state index contributed by atoms with van der Waals surface area (Å²) in [6, 6.07) is 3.41. The Bertz CT molecular complexity index is 815. The summed E-state index contributed by atoms with van der Waals surface area (Å²) < 4.78 is 38.4. The van der Waals surface area contributed by atoms with E-state index in [4.69, 9.17) is 9.26 Å². The summed E-state index contributed by atoms with van der Waals surface area (Å²) in [4.78, 5) is 4.47. The summed E-state index contributed by atoms with van der Waals surface area (Å²) >= 11 is 1.25. The number of hydrogen-bond acceptors (Lipinski definition) is 7. The Morgan fingerprint density at radius 2 is 2.23 bits per heavy atom. The molecular formula is C17H23N3O4S2. The summed E-state index contributed by atoms with van der Waals surface area (Å²) in [5.74, 6) is 1.86. The van der Waals surface area contributed by atoms with Crippen LogP contribution in [0, 0.1) is 5.92 Å². The van der Waals surface area contributed by atoms with Crippen LogP contribution >= 0.6 is 11.3 Å². The molecule has 2 aliphatic rings. The largest absolute Gasteiger partial charge is 0.381 e. The predicted octanol–water partition coefficient (Wildman–Crippen LogP) is 2.67. The van der Waals surface area contributed by atoms with Gasteiger partial charge in [0.25, 0.3) is 10.0 Å². The summed E-state index contributed by atoms with van der Waals surface area (Å²) in [5.41, 5.74) is 0. The number of rotatable bonds is 8. The smallest absolute Gasteiger partial charge is 0.252 e. The van der Waals surface area contributed by atoms with Gasteiger partial charge >= 0.3 is 0 Å². The average molecular weight is 398 g/mol. The molecule has 0 spiro atoms. The number of piperidine rings is 1. The van der Waals surface area contributed by atoms with Crippen LogP contribution in [0.3, 0.4) is 0 Å². The minimum atomic E-state index is -3.43. The van der Waals surface area contributed by atoms with E-state index in [0.717, 1.165) is 25.4 Å². The van der Waals surface area contributed by atoms with Gasteiger partial charge in [-0.15, -0.1) is 11.3 Å². The summed E-state index contributed by atoms with van der Waals surface area (Å²) in [5, 5.41) is 5.81. The maximum Gasteiger partial charge on any atom is 0.252 e. The molecule has 4 rings (SSSR count). The van der Waals surface area contributed by atoms with E-state index in [1.807, 2.05) is 0 Å². The van der Waals surface area contributed by atoms with Crippen LogP contribution in [0.1, 0.15) is 43.3 Å². The molecule has 0 bridgehead atoms. The molecule has 0 N–H and O–H groups in total. The second-order valence-corrected chi connectivity index (χ2v) is 10.1. The number of thiophene rings is 1. The van der Waals surface area contributed by atoms with E-state index < -0.39 is 10.0 Å². The van der Waals surface area contributed by atoms with Crippen molar-refractivity contribution < 1.29 is 17.7 Å². The van der Waals surface area contributed by atoms with Gasteiger partial charge in [-0.05, 0) is 43.0 Å². The fourth-order valence-corrected chi connectivity index (χ4v) is 5.80. The van der Waals surface area contributed by atoms with Crippen molar-refractivity contribution >= 4 is 21.4 Å². The third kappa shape index (κ3) is 4.16. The second-order valence-electron chi connectivity index (χ2n) is 6.95. The fraction of sp³-hybridized carbons (Fsp3) is 0.647. The highest BCUT2D eigenvalue weighted by Crippen LogP contribution is 2.31. The molecular weight excluding hydrogens is 374 g/mol. The molecule has 26 heavy (non-hydrogen) atoms. The van der Waals surface area contributed by atoms with Crippen LogP contribution < -0.4 is 0 Å². The van der Waals surface area contributed by atoms with Gasteiger partial charge in [-0.2, -0.15) is 9.29 Å². The van der Waals surface area contributed by atoms with Gasteiger partial charge in [-0.3, -0.25) is 0 Å². The molecule has 2 fully saturated rings. The number of hydrogen-bond donors (Lipinski definition) is 0. The zero-order chi connectivity index (χ0) is 18.0. The number of aromatic nitrogens is 2. The van der Waals surface area contributed by atoms with Crippen molar-refractivity contribution in [2.24, 2.45) is 5.92 Å². The molecule has 1 saturated carbocycles. The van der Waals surface area contributed by atoms with E-state index in [9.17, 15) is 8.42 Å². The van der Waals surface area contributed by atoms with Crippen molar-refractivity contribution in [3.63, 3.8) is 0 Å². The second kappa shape index (κ2) is 7.75. The molecule has 3 heterocycles. The molecule has 7 nitrogen and oxygen atoms in total. The van der Waals surface area contributed by atoms with E-state index in [1.165, 1.54) is 28.5 Å². The maximum atomic E-state index is 12.7. The summed E-state index contributed by atoms with van der Waals surface area (Å²) in [7, 11) is -3.43. The maximum absolute atomic E-state index is 12.7. The van der Waals surface area contributed by atoms with E-state index in [2.05, 4.69) is 10.1 Å². The topological polar surface area (TPSA) is 85.5 Å². The van der Waals surface area contributed by atoms with Gasteiger partial charge in [0, 0.05) is 26.1 Å². The van der Waals surface area contributed by atoms with Crippen molar-refractivity contribution in [3.8, 4) is 0 Å². The lowest BCUT2D eigenvalue weighted by atomic mass is 10.00. The van der Waals surface area contributed by atoms with Gasteiger partial charge in [0.2, 0.25) is 5.89 Å². The predicted molar refractivity (Wildman–Crippen MR) is 96.6 cm³/mol. The van der Waals surface area contributed by atoms with Crippen LogP contribution in [0.25, 0.3) is 0 Å². The van der Waals surface area contributed by atoms with Crippen molar-refractivity contribution in [2.45, 2.75) is 42.2 Å². The first-order valence-corrected chi connectivity index (χ1v) is 11.4. The lowest BCUT2D eigenvalue weighted by Crippen LogP contribution is -2.38. The first kappa shape index (κ1) is 18.1. The standard InChI is InChI=1S/C17H23N3O4S2/c21-26(22,16-4-2-10-25-16)20-8-1-3-14(11-20)17-18-15(19-24-17)7-9-23-12-13-5-6-13/h2,4,10,13-14H,1,3,5-9,11-12H2. The van der Waals surface area contributed by atoms with E-state index >= 15 is 0 Å². The number of sulfonamides is 1. The Morgan fingerprint density at radius 3 is 3.00 bits per heavy atom. The fourth-order valence-electron chi connectivity index (χ4n) is 3.13. The van der Waals surface area contributed by atoms with Crippen LogP contribution in [-0.4, -0.2) is 49.2 Å². The van der Waals surface area contributed by atoms with Crippen LogP contribution in [-0.2, 0) is 21.2 Å². The minimum absolute atomic E-state index is 0.0490. The Morgan fingerprint density at radius 1 is 1.35 bits per heavy atom. The molecule has 2 aromatic rings. The number of nitrogens with zero attached hydrogens (tertiary/aromatic N) is 3. The lowest BCUT2D eigenvalue weighted by Gasteiger charge is -2.29. The van der Waals surface area contributed by atoms with E-state index in [1.54, 1.807) is 17.5 Å². The van der Waals surface area contributed by atoms with Crippen molar-refractivity contribution in [2.75, 3.05) is 26.3 Å². The molecule has 2 aromatic heterocycles. The van der Waals surface area contributed by atoms with Crippen molar-refractivity contribution in [1.82, 2.24) is 14.4 Å².